The van der Waals surface area contributed by atoms with Gasteiger partial charge in [-0.05, 0) is 84.0 Å². The van der Waals surface area contributed by atoms with Crippen molar-refractivity contribution in [3.8, 4) is 11.1 Å². The molecule has 3 nitrogen and oxygen atoms in total. The van der Waals surface area contributed by atoms with Crippen molar-refractivity contribution in [2.75, 3.05) is 4.90 Å². The van der Waals surface area contributed by atoms with Crippen LogP contribution < -0.4 is 4.90 Å². The van der Waals surface area contributed by atoms with Crippen LogP contribution >= 0.6 is 0 Å². The van der Waals surface area contributed by atoms with E-state index in [4.69, 9.17) is 0 Å². The number of aryl methyl sites for hydroxylation is 1. The number of halogens is 2. The fourth-order valence-corrected chi connectivity index (χ4v) is 5.08. The Hall–Kier alpha value is -3.83. The van der Waals surface area contributed by atoms with Gasteiger partial charge in [0.05, 0.1) is 18.1 Å². The van der Waals surface area contributed by atoms with Crippen LogP contribution in [-0.4, -0.2) is 11.0 Å². The molecule has 1 aliphatic rings. The molecule has 4 aromatic rings. The van der Waals surface area contributed by atoms with Crippen molar-refractivity contribution in [1.29, 1.82) is 0 Å². The SMILES string of the molecule is Cc1cc(-c2ccccc2)ccc1C1C(CC[C@H](O)c2ccc(F)cc2)C(=O)N1c1ccc(F)cc1. The first-order valence-corrected chi connectivity index (χ1v) is 12.1. The minimum atomic E-state index is -0.791. The van der Waals surface area contributed by atoms with Gasteiger partial charge in [-0.2, -0.15) is 0 Å². The Morgan fingerprint density at radius 3 is 2.11 bits per heavy atom. The first-order chi connectivity index (χ1) is 17.4. The van der Waals surface area contributed by atoms with E-state index < -0.39 is 6.10 Å². The molecule has 5 heteroatoms. The summed E-state index contributed by atoms with van der Waals surface area (Å²) >= 11 is 0. The Morgan fingerprint density at radius 1 is 0.833 bits per heavy atom. The highest BCUT2D eigenvalue weighted by Gasteiger charge is 2.49. The molecular formula is C31H27F2NO2. The van der Waals surface area contributed by atoms with Gasteiger partial charge in [0, 0.05) is 5.69 Å². The lowest BCUT2D eigenvalue weighted by molar-refractivity contribution is -0.131. The van der Waals surface area contributed by atoms with Crippen molar-refractivity contribution >= 4 is 11.6 Å². The van der Waals surface area contributed by atoms with Crippen LogP contribution in [0.1, 0.15) is 41.7 Å². The molecule has 0 saturated carbocycles. The molecule has 0 spiro atoms. The van der Waals surface area contributed by atoms with Crippen molar-refractivity contribution in [2.45, 2.75) is 31.9 Å². The lowest BCUT2D eigenvalue weighted by atomic mass is 9.76. The Balaban J connectivity index is 1.43. The van der Waals surface area contributed by atoms with Crippen LogP contribution in [-0.2, 0) is 4.79 Å². The quantitative estimate of drug-likeness (QED) is 0.283. The third-order valence-corrected chi connectivity index (χ3v) is 7.02. The second-order valence-electron chi connectivity index (χ2n) is 9.32. The van der Waals surface area contributed by atoms with E-state index in [0.29, 0.717) is 24.1 Å². The van der Waals surface area contributed by atoms with E-state index in [1.807, 2.05) is 25.1 Å². The molecule has 0 bridgehead atoms. The number of amides is 1. The normalized spacial score (nSPS) is 18.1. The molecule has 5 rings (SSSR count). The lowest BCUT2D eigenvalue weighted by Crippen LogP contribution is -2.55. The number of anilines is 1. The topological polar surface area (TPSA) is 40.5 Å². The van der Waals surface area contributed by atoms with Crippen molar-refractivity contribution in [3.05, 3.63) is 125 Å². The Kier molecular flexibility index (Phi) is 6.66. The van der Waals surface area contributed by atoms with E-state index in [1.165, 1.54) is 24.3 Å². The van der Waals surface area contributed by atoms with Crippen LogP contribution in [0.15, 0.2) is 97.1 Å². The minimum absolute atomic E-state index is 0.0514. The summed E-state index contributed by atoms with van der Waals surface area (Å²) in [6.07, 6.45) is 0.0526. The van der Waals surface area contributed by atoms with Gasteiger partial charge in [0.1, 0.15) is 11.6 Å². The predicted octanol–water partition coefficient (Wildman–Crippen LogP) is 7.16. The molecule has 1 N–H and O–H groups in total. The minimum Gasteiger partial charge on any atom is -0.388 e. The third-order valence-electron chi connectivity index (χ3n) is 7.02. The van der Waals surface area contributed by atoms with Crippen molar-refractivity contribution in [3.63, 3.8) is 0 Å². The van der Waals surface area contributed by atoms with Crippen LogP contribution in [0.5, 0.6) is 0 Å². The standard InChI is InChI=1S/C31H27F2NO2/c1-20-19-23(21-5-3-2-4-6-21)9-16-27(20)30-28(17-18-29(35)22-7-10-24(32)11-8-22)31(36)34(30)26-14-12-25(33)13-15-26/h2-16,19,28-30,35H,17-18H2,1H3/t28?,29-,30?/m0/s1. The molecule has 1 fully saturated rings. The maximum atomic E-state index is 13.6. The van der Waals surface area contributed by atoms with Gasteiger partial charge < -0.3 is 10.0 Å². The molecule has 0 aromatic heterocycles. The van der Waals surface area contributed by atoms with Gasteiger partial charge in [-0.1, -0.05) is 60.7 Å². The molecule has 2 unspecified atom stereocenters. The number of carbonyl (C=O) groups is 1. The second kappa shape index (κ2) is 10.0. The summed E-state index contributed by atoms with van der Waals surface area (Å²) in [5.41, 5.74) is 5.57. The predicted molar refractivity (Wildman–Crippen MR) is 137 cm³/mol. The number of aliphatic hydroxyl groups is 1. The van der Waals surface area contributed by atoms with Gasteiger partial charge in [-0.3, -0.25) is 4.79 Å². The maximum Gasteiger partial charge on any atom is 0.233 e. The van der Waals surface area contributed by atoms with Crippen LogP contribution in [0.4, 0.5) is 14.5 Å². The van der Waals surface area contributed by atoms with E-state index in [1.54, 1.807) is 29.2 Å². The van der Waals surface area contributed by atoms with Crippen LogP contribution in [0.25, 0.3) is 11.1 Å². The summed E-state index contributed by atoms with van der Waals surface area (Å²) in [6.45, 7) is 2.04. The van der Waals surface area contributed by atoms with Crippen molar-refractivity contribution in [2.24, 2.45) is 5.92 Å². The highest BCUT2D eigenvalue weighted by atomic mass is 19.1. The number of benzene rings is 4. The summed E-state index contributed by atoms with van der Waals surface area (Å²) < 4.78 is 26.8. The van der Waals surface area contributed by atoms with Crippen LogP contribution in [0.3, 0.4) is 0 Å². The number of nitrogens with zero attached hydrogens (tertiary/aromatic N) is 1. The first-order valence-electron chi connectivity index (χ1n) is 12.1. The summed E-state index contributed by atoms with van der Waals surface area (Å²) in [7, 11) is 0. The molecule has 1 heterocycles. The molecular weight excluding hydrogens is 456 g/mol. The summed E-state index contributed by atoms with van der Waals surface area (Å²) in [5, 5.41) is 10.7. The first kappa shape index (κ1) is 23.9. The maximum absolute atomic E-state index is 13.6. The zero-order valence-corrected chi connectivity index (χ0v) is 19.9. The number of hydrogen-bond acceptors (Lipinski definition) is 2. The van der Waals surface area contributed by atoms with E-state index in [0.717, 1.165) is 22.3 Å². The summed E-state index contributed by atoms with van der Waals surface area (Å²) in [6, 6.07) is 27.9. The zero-order chi connectivity index (χ0) is 25.2. The van der Waals surface area contributed by atoms with Gasteiger partial charge in [-0.15, -0.1) is 0 Å². The van der Waals surface area contributed by atoms with Crippen LogP contribution in [0, 0.1) is 24.5 Å². The number of aliphatic hydroxyl groups excluding tert-OH is 1. The molecule has 0 radical (unpaired) electrons. The molecule has 1 aliphatic heterocycles. The highest BCUT2D eigenvalue weighted by Crippen LogP contribution is 2.47. The zero-order valence-electron chi connectivity index (χ0n) is 19.9. The van der Waals surface area contributed by atoms with Crippen LogP contribution in [0.2, 0.25) is 0 Å². The molecule has 1 amide bonds. The number of hydrogen-bond donors (Lipinski definition) is 1. The van der Waals surface area contributed by atoms with E-state index in [2.05, 4.69) is 30.3 Å². The monoisotopic (exact) mass is 483 g/mol. The fourth-order valence-electron chi connectivity index (χ4n) is 5.08. The van der Waals surface area contributed by atoms with Crippen molar-refractivity contribution < 1.29 is 18.7 Å². The largest absolute Gasteiger partial charge is 0.388 e. The van der Waals surface area contributed by atoms with Gasteiger partial charge in [0.2, 0.25) is 5.91 Å². The average molecular weight is 484 g/mol. The molecule has 1 saturated heterocycles. The van der Waals surface area contributed by atoms with E-state index in [-0.39, 0.29) is 29.5 Å². The van der Waals surface area contributed by atoms with Crippen molar-refractivity contribution in [1.82, 2.24) is 0 Å². The molecule has 36 heavy (non-hydrogen) atoms. The molecule has 3 atom stereocenters. The summed E-state index contributed by atoms with van der Waals surface area (Å²) in [5.74, 6) is -1.09. The lowest BCUT2D eigenvalue weighted by Gasteiger charge is -2.48. The number of rotatable bonds is 7. The molecule has 4 aromatic carbocycles. The Labute approximate surface area is 209 Å². The fraction of sp³-hybridized carbons (Fsp3) is 0.194. The van der Waals surface area contributed by atoms with E-state index >= 15 is 0 Å². The van der Waals surface area contributed by atoms with Gasteiger partial charge >= 0.3 is 0 Å². The average Bonchev–Trinajstić information content (AvgIpc) is 2.89. The number of carbonyl (C=O) groups excluding carboxylic acids is 1. The highest BCUT2D eigenvalue weighted by molar-refractivity contribution is 6.03. The molecule has 0 aliphatic carbocycles. The molecule has 182 valence electrons. The number of β-lactam (4-membered cyclic amide) rings is 1. The smallest absolute Gasteiger partial charge is 0.233 e. The van der Waals surface area contributed by atoms with Gasteiger partial charge in [0.25, 0.3) is 0 Å². The second-order valence-corrected chi connectivity index (χ2v) is 9.32. The van der Waals surface area contributed by atoms with Gasteiger partial charge in [-0.25, -0.2) is 8.78 Å². The summed E-state index contributed by atoms with van der Waals surface area (Å²) in [4.78, 5) is 15.0. The Morgan fingerprint density at radius 2 is 1.47 bits per heavy atom. The Bertz CT molecular complexity index is 1350. The van der Waals surface area contributed by atoms with Gasteiger partial charge in [0.15, 0.2) is 0 Å². The van der Waals surface area contributed by atoms with E-state index in [9.17, 15) is 18.7 Å². The third kappa shape index (κ3) is 4.67.